The summed E-state index contributed by atoms with van der Waals surface area (Å²) < 4.78 is 0. The first kappa shape index (κ1) is 14.7. The van der Waals surface area contributed by atoms with Crippen molar-refractivity contribution in [1.29, 1.82) is 0 Å². The van der Waals surface area contributed by atoms with Crippen LogP contribution in [0.3, 0.4) is 0 Å². The van der Waals surface area contributed by atoms with Crippen LogP contribution >= 0.6 is 0 Å². The average molecular weight is 312 g/mol. The molecule has 1 aromatic carbocycles. The van der Waals surface area contributed by atoms with Gasteiger partial charge in [-0.15, -0.1) is 0 Å². The van der Waals surface area contributed by atoms with Crippen LogP contribution in [0.15, 0.2) is 30.3 Å². The molecule has 4 heteroatoms. The Hall–Kier alpha value is -1.84. The fraction of sp³-hybridized carbons (Fsp3) is 0.579. The summed E-state index contributed by atoms with van der Waals surface area (Å²) in [5, 5.41) is 3.12. The van der Waals surface area contributed by atoms with E-state index < -0.39 is 0 Å². The van der Waals surface area contributed by atoms with Gasteiger partial charge in [-0.3, -0.25) is 9.59 Å². The van der Waals surface area contributed by atoms with Gasteiger partial charge in [0, 0.05) is 19.5 Å². The number of amides is 2. The van der Waals surface area contributed by atoms with Crippen LogP contribution in [0.25, 0.3) is 0 Å². The van der Waals surface area contributed by atoms with Crippen molar-refractivity contribution in [3.8, 4) is 0 Å². The molecular weight excluding hydrogens is 288 g/mol. The number of nitrogens with zero attached hydrogens (tertiary/aromatic N) is 1. The number of carbonyl (C=O) groups excluding carboxylic acids is 2. The lowest BCUT2D eigenvalue weighted by atomic mass is 9.77. The summed E-state index contributed by atoms with van der Waals surface area (Å²) in [5.74, 6) is 0.414. The Morgan fingerprint density at radius 2 is 1.78 bits per heavy atom. The van der Waals surface area contributed by atoms with Crippen LogP contribution in [-0.2, 0) is 15.0 Å². The van der Waals surface area contributed by atoms with E-state index in [9.17, 15) is 9.59 Å². The van der Waals surface area contributed by atoms with Crippen molar-refractivity contribution >= 4 is 11.8 Å². The van der Waals surface area contributed by atoms with Gasteiger partial charge in [-0.1, -0.05) is 43.2 Å². The number of benzene rings is 1. The minimum absolute atomic E-state index is 0.137. The molecule has 1 aromatic rings. The molecule has 2 amide bonds. The molecular formula is C19H24N2O2. The molecule has 122 valence electrons. The summed E-state index contributed by atoms with van der Waals surface area (Å²) in [6.45, 7) is 1.46. The number of nitrogens with one attached hydrogen (secondary N) is 1. The van der Waals surface area contributed by atoms with Crippen LogP contribution in [0.5, 0.6) is 0 Å². The van der Waals surface area contributed by atoms with E-state index >= 15 is 0 Å². The van der Waals surface area contributed by atoms with Crippen molar-refractivity contribution < 1.29 is 9.59 Å². The minimum Gasteiger partial charge on any atom is -0.349 e. The summed E-state index contributed by atoms with van der Waals surface area (Å²) in [5.41, 5.74) is 0.678. The van der Waals surface area contributed by atoms with E-state index in [4.69, 9.17) is 0 Å². The monoisotopic (exact) mass is 312 g/mol. The number of hydrogen-bond donors (Lipinski definition) is 1. The van der Waals surface area contributed by atoms with Crippen LogP contribution in [-0.4, -0.2) is 35.3 Å². The van der Waals surface area contributed by atoms with Gasteiger partial charge in [0.05, 0.1) is 11.0 Å². The maximum Gasteiger partial charge on any atom is 0.233 e. The number of hydrogen-bond acceptors (Lipinski definition) is 2. The molecule has 3 fully saturated rings. The molecule has 4 nitrogen and oxygen atoms in total. The maximum atomic E-state index is 13.4. The molecule has 0 bridgehead atoms. The molecule has 1 spiro atoms. The van der Waals surface area contributed by atoms with Gasteiger partial charge in [0.2, 0.25) is 11.8 Å². The summed E-state index contributed by atoms with van der Waals surface area (Å²) in [6.07, 6.45) is 6.51. The SMILES string of the molecule is O=C1CCC2(CCN(C(=O)C3(c4ccccc4)CCCC3)C2)N1. The second kappa shape index (κ2) is 5.36. The van der Waals surface area contributed by atoms with Crippen molar-refractivity contribution in [2.45, 2.75) is 55.9 Å². The van der Waals surface area contributed by atoms with Crippen molar-refractivity contribution in [1.82, 2.24) is 10.2 Å². The molecule has 2 saturated heterocycles. The lowest BCUT2D eigenvalue weighted by Crippen LogP contribution is -2.49. The van der Waals surface area contributed by atoms with E-state index in [2.05, 4.69) is 17.4 Å². The normalized spacial score (nSPS) is 29.2. The molecule has 1 saturated carbocycles. The third-order valence-corrected chi connectivity index (χ3v) is 6.07. The van der Waals surface area contributed by atoms with Crippen molar-refractivity contribution in [2.24, 2.45) is 0 Å². The highest BCUT2D eigenvalue weighted by Gasteiger charge is 2.50. The predicted molar refractivity (Wildman–Crippen MR) is 87.9 cm³/mol. The first-order valence-electron chi connectivity index (χ1n) is 8.80. The minimum atomic E-state index is -0.338. The van der Waals surface area contributed by atoms with Gasteiger partial charge in [-0.2, -0.15) is 0 Å². The average Bonchev–Trinajstić information content (AvgIpc) is 3.30. The topological polar surface area (TPSA) is 49.4 Å². The lowest BCUT2D eigenvalue weighted by Gasteiger charge is -2.34. The van der Waals surface area contributed by atoms with E-state index in [-0.39, 0.29) is 22.8 Å². The third-order valence-electron chi connectivity index (χ3n) is 6.07. The van der Waals surface area contributed by atoms with Crippen LogP contribution in [0.2, 0.25) is 0 Å². The third kappa shape index (κ3) is 2.35. The zero-order valence-electron chi connectivity index (χ0n) is 13.5. The lowest BCUT2D eigenvalue weighted by molar-refractivity contribution is -0.136. The maximum absolute atomic E-state index is 13.4. The number of likely N-dealkylation sites (tertiary alicyclic amines) is 1. The Morgan fingerprint density at radius 1 is 1.04 bits per heavy atom. The zero-order valence-corrected chi connectivity index (χ0v) is 13.5. The fourth-order valence-electron chi connectivity index (χ4n) is 4.79. The molecule has 3 aliphatic rings. The second-order valence-electron chi connectivity index (χ2n) is 7.46. The molecule has 1 aliphatic carbocycles. The molecule has 2 heterocycles. The smallest absolute Gasteiger partial charge is 0.233 e. The molecule has 0 radical (unpaired) electrons. The first-order valence-corrected chi connectivity index (χ1v) is 8.80. The number of carbonyl (C=O) groups is 2. The first-order chi connectivity index (χ1) is 11.1. The quantitative estimate of drug-likeness (QED) is 0.911. The van der Waals surface area contributed by atoms with Gasteiger partial charge in [0.15, 0.2) is 0 Å². The van der Waals surface area contributed by atoms with Gasteiger partial charge < -0.3 is 10.2 Å². The molecule has 4 rings (SSSR count). The highest BCUT2D eigenvalue weighted by atomic mass is 16.2. The summed E-state index contributed by atoms with van der Waals surface area (Å²) in [7, 11) is 0. The molecule has 1 unspecified atom stereocenters. The molecule has 0 aromatic heterocycles. The Kier molecular flexibility index (Phi) is 3.43. The van der Waals surface area contributed by atoms with Gasteiger partial charge >= 0.3 is 0 Å². The van der Waals surface area contributed by atoms with Crippen molar-refractivity contribution in [2.75, 3.05) is 13.1 Å². The Bertz CT molecular complexity index is 622. The van der Waals surface area contributed by atoms with E-state index in [0.29, 0.717) is 13.0 Å². The highest BCUT2D eigenvalue weighted by Crippen LogP contribution is 2.44. The van der Waals surface area contributed by atoms with E-state index in [1.807, 2.05) is 23.1 Å². The van der Waals surface area contributed by atoms with Gasteiger partial charge in [0.25, 0.3) is 0 Å². The second-order valence-corrected chi connectivity index (χ2v) is 7.46. The van der Waals surface area contributed by atoms with Crippen LogP contribution < -0.4 is 5.32 Å². The molecule has 1 atom stereocenters. The van der Waals surface area contributed by atoms with Crippen LogP contribution in [0.1, 0.15) is 50.5 Å². The molecule has 1 N–H and O–H groups in total. The Balaban J connectivity index is 1.59. The van der Waals surface area contributed by atoms with E-state index in [0.717, 1.165) is 45.1 Å². The van der Waals surface area contributed by atoms with Crippen LogP contribution in [0, 0.1) is 0 Å². The van der Waals surface area contributed by atoms with Gasteiger partial charge in [-0.25, -0.2) is 0 Å². The van der Waals surface area contributed by atoms with Crippen LogP contribution in [0.4, 0.5) is 0 Å². The van der Waals surface area contributed by atoms with Gasteiger partial charge in [0.1, 0.15) is 0 Å². The summed E-state index contributed by atoms with van der Waals surface area (Å²) >= 11 is 0. The van der Waals surface area contributed by atoms with Crippen molar-refractivity contribution in [3.05, 3.63) is 35.9 Å². The molecule has 2 aliphatic heterocycles. The van der Waals surface area contributed by atoms with E-state index in [1.54, 1.807) is 0 Å². The Morgan fingerprint density at radius 3 is 2.43 bits per heavy atom. The van der Waals surface area contributed by atoms with Gasteiger partial charge in [-0.05, 0) is 31.2 Å². The largest absolute Gasteiger partial charge is 0.349 e. The summed E-state index contributed by atoms with van der Waals surface area (Å²) in [4.78, 5) is 27.0. The highest BCUT2D eigenvalue weighted by molar-refractivity contribution is 5.89. The standard InChI is InChI=1S/C19H24N2O2/c22-16-8-11-18(20-16)12-13-21(14-18)17(23)19(9-4-5-10-19)15-6-2-1-3-7-15/h1-3,6-7H,4-5,8-14H2,(H,20,22). The fourth-order valence-corrected chi connectivity index (χ4v) is 4.79. The zero-order chi connectivity index (χ0) is 15.9. The summed E-state index contributed by atoms with van der Waals surface area (Å²) in [6, 6.07) is 10.3. The van der Waals surface area contributed by atoms with E-state index in [1.165, 1.54) is 5.56 Å². The van der Waals surface area contributed by atoms with Crippen molar-refractivity contribution in [3.63, 3.8) is 0 Å². The predicted octanol–water partition coefficient (Wildman–Crippen LogP) is 2.38. The Labute approximate surface area is 137 Å². The number of rotatable bonds is 2. The molecule has 23 heavy (non-hydrogen) atoms.